The van der Waals surface area contributed by atoms with Crippen molar-refractivity contribution in [2.24, 2.45) is 0 Å². The van der Waals surface area contributed by atoms with Gasteiger partial charge < -0.3 is 4.74 Å². The number of benzene rings is 1. The number of hydrogen-bond acceptors (Lipinski definition) is 6. The van der Waals surface area contributed by atoms with Gasteiger partial charge in [-0.25, -0.2) is 8.42 Å². The first-order chi connectivity index (χ1) is 10.9. The Bertz CT molecular complexity index is 721. The van der Waals surface area contributed by atoms with E-state index in [0.717, 1.165) is 6.54 Å². The van der Waals surface area contributed by atoms with Crippen LogP contribution in [-0.4, -0.2) is 68.0 Å². The maximum Gasteiger partial charge on any atom is 0.269 e. The highest BCUT2D eigenvalue weighted by atomic mass is 32.2. The van der Waals surface area contributed by atoms with Crippen molar-refractivity contribution >= 4 is 15.7 Å². The summed E-state index contributed by atoms with van der Waals surface area (Å²) in [7, 11) is -3.66. The standard InChI is InChI=1S/C14H19N3O5S/c1-11-8-12(17(18)19)2-3-14(11)23(20,21)16-5-4-15-6-7-22-10-13(15)9-16/h2-3,8,13H,4-7,9-10H2,1H3. The minimum absolute atomic E-state index is 0.0747. The molecule has 9 heteroatoms. The zero-order valence-corrected chi connectivity index (χ0v) is 13.7. The summed E-state index contributed by atoms with van der Waals surface area (Å²) in [5.74, 6) is 0. The molecule has 0 saturated carbocycles. The smallest absolute Gasteiger partial charge is 0.269 e. The molecular formula is C14H19N3O5S. The van der Waals surface area contributed by atoms with E-state index < -0.39 is 14.9 Å². The van der Waals surface area contributed by atoms with E-state index in [9.17, 15) is 18.5 Å². The lowest BCUT2D eigenvalue weighted by atomic mass is 10.2. The second-order valence-electron chi connectivity index (χ2n) is 5.83. The summed E-state index contributed by atoms with van der Waals surface area (Å²) in [5, 5.41) is 10.8. The fraction of sp³-hybridized carbons (Fsp3) is 0.571. The minimum atomic E-state index is -3.66. The van der Waals surface area contributed by atoms with Gasteiger partial charge in [-0.2, -0.15) is 4.31 Å². The highest BCUT2D eigenvalue weighted by Gasteiger charge is 2.36. The lowest BCUT2D eigenvalue weighted by molar-refractivity contribution is -0.385. The molecule has 0 aromatic heterocycles. The molecule has 1 aromatic carbocycles. The quantitative estimate of drug-likeness (QED) is 0.591. The summed E-state index contributed by atoms with van der Waals surface area (Å²) in [6.07, 6.45) is 0. The minimum Gasteiger partial charge on any atom is -0.378 e. The van der Waals surface area contributed by atoms with Gasteiger partial charge in [0.2, 0.25) is 10.0 Å². The molecule has 2 saturated heterocycles. The molecular weight excluding hydrogens is 322 g/mol. The Balaban J connectivity index is 1.85. The largest absolute Gasteiger partial charge is 0.378 e. The van der Waals surface area contributed by atoms with E-state index in [-0.39, 0.29) is 16.6 Å². The van der Waals surface area contributed by atoms with E-state index >= 15 is 0 Å². The summed E-state index contributed by atoms with van der Waals surface area (Å²) in [4.78, 5) is 12.7. The van der Waals surface area contributed by atoms with Gasteiger partial charge in [0.25, 0.3) is 5.69 Å². The van der Waals surface area contributed by atoms with Crippen molar-refractivity contribution in [3.8, 4) is 0 Å². The van der Waals surface area contributed by atoms with Gasteiger partial charge in [0, 0.05) is 44.4 Å². The summed E-state index contributed by atoms with van der Waals surface area (Å²) in [6.45, 7) is 5.12. The Hall–Kier alpha value is -1.55. The molecule has 0 radical (unpaired) electrons. The van der Waals surface area contributed by atoms with Gasteiger partial charge >= 0.3 is 0 Å². The van der Waals surface area contributed by atoms with E-state index in [1.807, 2.05) is 0 Å². The van der Waals surface area contributed by atoms with E-state index in [1.54, 1.807) is 6.92 Å². The Kier molecular flexibility index (Phi) is 4.37. The number of nitro benzene ring substituents is 1. The Morgan fingerprint density at radius 3 is 2.78 bits per heavy atom. The molecule has 1 atom stereocenters. The van der Waals surface area contributed by atoms with Crippen LogP contribution in [-0.2, 0) is 14.8 Å². The Labute approximate surface area is 134 Å². The third kappa shape index (κ3) is 3.09. The van der Waals surface area contributed by atoms with Crippen LogP contribution < -0.4 is 0 Å². The van der Waals surface area contributed by atoms with Crippen LogP contribution in [0.4, 0.5) is 5.69 Å². The second-order valence-corrected chi connectivity index (χ2v) is 7.74. The first kappa shape index (κ1) is 16.3. The van der Waals surface area contributed by atoms with Gasteiger partial charge in [-0.1, -0.05) is 0 Å². The summed E-state index contributed by atoms with van der Waals surface area (Å²) in [5.41, 5.74) is 0.286. The first-order valence-electron chi connectivity index (χ1n) is 7.46. The average Bonchev–Trinajstić information content (AvgIpc) is 2.54. The van der Waals surface area contributed by atoms with Crippen molar-refractivity contribution in [3.63, 3.8) is 0 Å². The molecule has 2 fully saturated rings. The fourth-order valence-corrected chi connectivity index (χ4v) is 4.79. The monoisotopic (exact) mass is 341 g/mol. The van der Waals surface area contributed by atoms with Crippen LogP contribution in [0.2, 0.25) is 0 Å². The molecule has 8 nitrogen and oxygen atoms in total. The van der Waals surface area contributed by atoms with Gasteiger partial charge in [0.05, 0.1) is 23.0 Å². The second kappa shape index (κ2) is 6.16. The number of piperazine rings is 1. The Morgan fingerprint density at radius 1 is 1.30 bits per heavy atom. The SMILES string of the molecule is Cc1cc([N+](=O)[O-])ccc1S(=O)(=O)N1CCN2CCOCC2C1. The number of ether oxygens (including phenoxy) is 1. The van der Waals surface area contributed by atoms with Crippen LogP contribution in [0.25, 0.3) is 0 Å². The zero-order valence-electron chi connectivity index (χ0n) is 12.8. The van der Waals surface area contributed by atoms with Crippen molar-refractivity contribution in [2.75, 3.05) is 39.4 Å². The number of nitrogens with zero attached hydrogens (tertiary/aromatic N) is 3. The molecule has 2 aliphatic rings. The van der Waals surface area contributed by atoms with E-state index in [4.69, 9.17) is 4.74 Å². The number of sulfonamides is 1. The number of aryl methyl sites for hydroxylation is 1. The molecule has 0 N–H and O–H groups in total. The molecule has 1 aromatic rings. The number of morpholine rings is 1. The van der Waals surface area contributed by atoms with Crippen molar-refractivity contribution in [3.05, 3.63) is 33.9 Å². The van der Waals surface area contributed by atoms with Crippen molar-refractivity contribution in [1.29, 1.82) is 0 Å². The van der Waals surface area contributed by atoms with Crippen LogP contribution in [0, 0.1) is 17.0 Å². The first-order valence-corrected chi connectivity index (χ1v) is 8.90. The number of hydrogen-bond donors (Lipinski definition) is 0. The molecule has 23 heavy (non-hydrogen) atoms. The lowest BCUT2D eigenvalue weighted by Gasteiger charge is -2.43. The molecule has 0 amide bonds. The van der Waals surface area contributed by atoms with E-state index in [0.29, 0.717) is 38.4 Å². The molecule has 0 bridgehead atoms. The molecule has 1 unspecified atom stereocenters. The number of rotatable bonds is 3. The van der Waals surface area contributed by atoms with Crippen LogP contribution in [0.15, 0.2) is 23.1 Å². The van der Waals surface area contributed by atoms with E-state index in [2.05, 4.69) is 4.90 Å². The summed E-state index contributed by atoms with van der Waals surface area (Å²) < 4.78 is 32.6. The maximum absolute atomic E-state index is 12.9. The highest BCUT2D eigenvalue weighted by Crippen LogP contribution is 2.26. The van der Waals surface area contributed by atoms with Gasteiger partial charge in [0.1, 0.15) is 0 Å². The van der Waals surface area contributed by atoms with Crippen molar-refractivity contribution in [2.45, 2.75) is 17.9 Å². The van der Waals surface area contributed by atoms with Gasteiger partial charge in [-0.15, -0.1) is 0 Å². The molecule has 0 aliphatic carbocycles. The molecule has 3 rings (SSSR count). The van der Waals surface area contributed by atoms with Crippen molar-refractivity contribution in [1.82, 2.24) is 9.21 Å². The topological polar surface area (TPSA) is 93.0 Å². The van der Waals surface area contributed by atoms with Gasteiger partial charge in [0.15, 0.2) is 0 Å². The number of fused-ring (bicyclic) bond motifs is 1. The van der Waals surface area contributed by atoms with Crippen LogP contribution in [0.3, 0.4) is 0 Å². The van der Waals surface area contributed by atoms with Crippen molar-refractivity contribution < 1.29 is 18.1 Å². The average molecular weight is 341 g/mol. The third-order valence-electron chi connectivity index (χ3n) is 4.39. The lowest BCUT2D eigenvalue weighted by Crippen LogP contribution is -2.59. The van der Waals surface area contributed by atoms with Crippen LogP contribution in [0.5, 0.6) is 0 Å². The molecule has 2 aliphatic heterocycles. The molecule has 2 heterocycles. The maximum atomic E-state index is 12.9. The predicted octanol–water partition coefficient (Wildman–Crippen LogP) is 0.608. The number of nitro groups is 1. The summed E-state index contributed by atoms with van der Waals surface area (Å²) >= 11 is 0. The fourth-order valence-electron chi connectivity index (χ4n) is 3.11. The Morgan fingerprint density at radius 2 is 2.09 bits per heavy atom. The molecule has 126 valence electrons. The number of non-ortho nitro benzene ring substituents is 1. The predicted molar refractivity (Wildman–Crippen MR) is 82.8 cm³/mol. The highest BCUT2D eigenvalue weighted by molar-refractivity contribution is 7.89. The van der Waals surface area contributed by atoms with E-state index in [1.165, 1.54) is 22.5 Å². The van der Waals surface area contributed by atoms with Gasteiger partial charge in [-0.05, 0) is 18.6 Å². The van der Waals surface area contributed by atoms with Gasteiger partial charge in [-0.3, -0.25) is 15.0 Å². The third-order valence-corrected chi connectivity index (χ3v) is 6.41. The van der Waals surface area contributed by atoms with Crippen LogP contribution in [0.1, 0.15) is 5.56 Å². The molecule has 0 spiro atoms. The van der Waals surface area contributed by atoms with Crippen LogP contribution >= 0.6 is 0 Å². The zero-order chi connectivity index (χ0) is 16.6. The summed E-state index contributed by atoms with van der Waals surface area (Å²) in [6, 6.07) is 3.94. The normalized spacial score (nSPS) is 23.4.